The van der Waals surface area contributed by atoms with E-state index in [1.165, 1.54) is 0 Å². The van der Waals surface area contributed by atoms with Crippen LogP contribution < -0.4 is 11.1 Å². The molecule has 0 aliphatic carbocycles. The third-order valence-electron chi connectivity index (χ3n) is 2.41. The Kier molecular flexibility index (Phi) is 7.37. The van der Waals surface area contributed by atoms with Gasteiger partial charge in [-0.3, -0.25) is 4.79 Å². The zero-order valence-corrected chi connectivity index (χ0v) is 11.8. The standard InChI is InChI=1S/C15H18F2N2O2/c1-11-7-12(3-2-5-18)9-13(8-11)19-15(20)4-6-21-10-14(16)17/h7-9,14H,4-6,10,18H2,1H3,(H,19,20). The molecule has 0 saturated carbocycles. The number of hydrogen-bond acceptors (Lipinski definition) is 3. The molecule has 0 bridgehead atoms. The maximum Gasteiger partial charge on any atom is 0.261 e. The average molecular weight is 296 g/mol. The zero-order chi connectivity index (χ0) is 15.7. The topological polar surface area (TPSA) is 64.3 Å². The summed E-state index contributed by atoms with van der Waals surface area (Å²) < 4.78 is 28.4. The third kappa shape index (κ3) is 7.40. The molecular formula is C15H18F2N2O2. The summed E-state index contributed by atoms with van der Waals surface area (Å²) in [7, 11) is 0. The molecule has 0 saturated heterocycles. The summed E-state index contributed by atoms with van der Waals surface area (Å²) in [5, 5.41) is 2.68. The summed E-state index contributed by atoms with van der Waals surface area (Å²) in [6, 6.07) is 5.41. The van der Waals surface area contributed by atoms with Gasteiger partial charge in [-0.15, -0.1) is 0 Å². The normalized spacial score (nSPS) is 10.1. The summed E-state index contributed by atoms with van der Waals surface area (Å²) in [5.41, 5.74) is 7.62. The fraction of sp³-hybridized carbons (Fsp3) is 0.400. The van der Waals surface area contributed by atoms with Crippen molar-refractivity contribution in [2.24, 2.45) is 5.73 Å². The van der Waals surface area contributed by atoms with E-state index in [1.54, 1.807) is 12.1 Å². The molecule has 0 radical (unpaired) electrons. The van der Waals surface area contributed by atoms with E-state index < -0.39 is 13.0 Å². The number of nitrogens with one attached hydrogen (secondary N) is 1. The Morgan fingerprint density at radius 2 is 2.19 bits per heavy atom. The average Bonchev–Trinajstić information content (AvgIpc) is 2.40. The first-order valence-electron chi connectivity index (χ1n) is 6.47. The molecule has 21 heavy (non-hydrogen) atoms. The van der Waals surface area contributed by atoms with E-state index in [-0.39, 0.29) is 25.5 Å². The second kappa shape index (κ2) is 9.06. The molecule has 6 heteroatoms. The highest BCUT2D eigenvalue weighted by molar-refractivity contribution is 5.91. The molecule has 114 valence electrons. The van der Waals surface area contributed by atoms with Crippen LogP contribution in [-0.4, -0.2) is 32.1 Å². The van der Waals surface area contributed by atoms with Crippen molar-refractivity contribution in [3.05, 3.63) is 29.3 Å². The van der Waals surface area contributed by atoms with Gasteiger partial charge in [-0.2, -0.15) is 0 Å². The predicted molar refractivity (Wildman–Crippen MR) is 77.2 cm³/mol. The van der Waals surface area contributed by atoms with Crippen molar-refractivity contribution in [2.45, 2.75) is 19.8 Å². The summed E-state index contributed by atoms with van der Waals surface area (Å²) in [4.78, 5) is 11.7. The lowest BCUT2D eigenvalue weighted by Gasteiger charge is -2.07. The van der Waals surface area contributed by atoms with Gasteiger partial charge in [0.1, 0.15) is 6.61 Å². The highest BCUT2D eigenvalue weighted by atomic mass is 19.3. The molecule has 0 fully saturated rings. The SMILES string of the molecule is Cc1cc(C#CCN)cc(NC(=O)CCOCC(F)F)c1. The molecule has 0 aliphatic heterocycles. The smallest absolute Gasteiger partial charge is 0.261 e. The largest absolute Gasteiger partial charge is 0.375 e. The Balaban J connectivity index is 2.53. The van der Waals surface area contributed by atoms with Crippen LogP contribution in [0.15, 0.2) is 18.2 Å². The molecule has 0 aliphatic rings. The molecule has 4 nitrogen and oxygen atoms in total. The first-order valence-corrected chi connectivity index (χ1v) is 6.47. The first-order chi connectivity index (χ1) is 10.0. The molecule has 1 rings (SSSR count). The van der Waals surface area contributed by atoms with Crippen LogP contribution >= 0.6 is 0 Å². The first kappa shape index (κ1) is 17.1. The minimum Gasteiger partial charge on any atom is -0.375 e. The Morgan fingerprint density at radius 1 is 1.43 bits per heavy atom. The number of carbonyl (C=O) groups is 1. The quantitative estimate of drug-likeness (QED) is 0.622. The van der Waals surface area contributed by atoms with Crippen molar-refractivity contribution in [1.82, 2.24) is 0 Å². The van der Waals surface area contributed by atoms with Gasteiger partial charge in [0.25, 0.3) is 6.43 Å². The highest BCUT2D eigenvalue weighted by Crippen LogP contribution is 2.14. The van der Waals surface area contributed by atoms with Gasteiger partial charge in [0.05, 0.1) is 19.6 Å². The van der Waals surface area contributed by atoms with Gasteiger partial charge in [0.2, 0.25) is 5.91 Å². The van der Waals surface area contributed by atoms with Crippen molar-refractivity contribution < 1.29 is 18.3 Å². The lowest BCUT2D eigenvalue weighted by Crippen LogP contribution is -2.15. The van der Waals surface area contributed by atoms with E-state index in [9.17, 15) is 13.6 Å². The van der Waals surface area contributed by atoms with Crippen LogP contribution in [0.1, 0.15) is 17.5 Å². The maximum absolute atomic E-state index is 11.8. The minimum absolute atomic E-state index is 0.0183. The molecule has 0 spiro atoms. The Bertz CT molecular complexity index is 536. The van der Waals surface area contributed by atoms with E-state index >= 15 is 0 Å². The number of rotatable bonds is 6. The number of benzene rings is 1. The fourth-order valence-corrected chi connectivity index (χ4v) is 1.64. The molecule has 0 atom stereocenters. The van der Waals surface area contributed by atoms with Crippen molar-refractivity contribution >= 4 is 11.6 Å². The molecule has 1 aromatic carbocycles. The molecule has 3 N–H and O–H groups in total. The number of aryl methyl sites for hydroxylation is 1. The molecule has 0 unspecified atom stereocenters. The number of anilines is 1. The van der Waals surface area contributed by atoms with E-state index in [4.69, 9.17) is 5.73 Å². The number of halogens is 2. The second-order valence-electron chi connectivity index (χ2n) is 4.36. The third-order valence-corrected chi connectivity index (χ3v) is 2.41. The van der Waals surface area contributed by atoms with Gasteiger partial charge >= 0.3 is 0 Å². The monoisotopic (exact) mass is 296 g/mol. The van der Waals surface area contributed by atoms with Crippen LogP contribution in [0.5, 0.6) is 0 Å². The molecule has 0 heterocycles. The number of ether oxygens (including phenoxy) is 1. The lowest BCUT2D eigenvalue weighted by molar-refractivity contribution is -0.117. The Morgan fingerprint density at radius 3 is 2.86 bits per heavy atom. The Hall–Kier alpha value is -1.97. The predicted octanol–water partition coefficient (Wildman–Crippen LogP) is 1.92. The molecule has 1 aromatic rings. The van der Waals surface area contributed by atoms with Gasteiger partial charge in [-0.1, -0.05) is 11.8 Å². The maximum atomic E-state index is 11.8. The van der Waals surface area contributed by atoms with Gasteiger partial charge in [0.15, 0.2) is 0 Å². The van der Waals surface area contributed by atoms with Crippen molar-refractivity contribution in [1.29, 1.82) is 0 Å². The van der Waals surface area contributed by atoms with Gasteiger partial charge < -0.3 is 15.8 Å². The number of alkyl halides is 2. The lowest BCUT2D eigenvalue weighted by atomic mass is 10.1. The Labute approximate surface area is 122 Å². The second-order valence-corrected chi connectivity index (χ2v) is 4.36. The van der Waals surface area contributed by atoms with Gasteiger partial charge in [0, 0.05) is 11.3 Å². The van der Waals surface area contributed by atoms with Crippen LogP contribution in [0.2, 0.25) is 0 Å². The van der Waals surface area contributed by atoms with E-state index in [0.29, 0.717) is 5.69 Å². The summed E-state index contributed by atoms with van der Waals surface area (Å²) in [6.45, 7) is 1.45. The number of carbonyl (C=O) groups excluding carboxylic acids is 1. The zero-order valence-electron chi connectivity index (χ0n) is 11.8. The van der Waals surface area contributed by atoms with Crippen molar-refractivity contribution in [2.75, 3.05) is 25.1 Å². The molecule has 1 amide bonds. The van der Waals surface area contributed by atoms with Crippen LogP contribution in [0.4, 0.5) is 14.5 Å². The van der Waals surface area contributed by atoms with Crippen LogP contribution in [0, 0.1) is 18.8 Å². The van der Waals surface area contributed by atoms with E-state index in [1.807, 2.05) is 13.0 Å². The van der Waals surface area contributed by atoms with Crippen LogP contribution in [-0.2, 0) is 9.53 Å². The fourth-order valence-electron chi connectivity index (χ4n) is 1.64. The number of hydrogen-bond donors (Lipinski definition) is 2. The van der Waals surface area contributed by atoms with Gasteiger partial charge in [-0.25, -0.2) is 8.78 Å². The summed E-state index contributed by atoms with van der Waals surface area (Å²) in [6.07, 6.45) is -2.50. The highest BCUT2D eigenvalue weighted by Gasteiger charge is 2.06. The van der Waals surface area contributed by atoms with E-state index in [2.05, 4.69) is 21.9 Å². The van der Waals surface area contributed by atoms with Crippen LogP contribution in [0.25, 0.3) is 0 Å². The van der Waals surface area contributed by atoms with Crippen molar-refractivity contribution in [3.63, 3.8) is 0 Å². The van der Waals surface area contributed by atoms with Gasteiger partial charge in [-0.05, 0) is 30.7 Å². The minimum atomic E-state index is -2.52. The van der Waals surface area contributed by atoms with Crippen molar-refractivity contribution in [3.8, 4) is 11.8 Å². The summed E-state index contributed by atoms with van der Waals surface area (Å²) in [5.74, 6) is 5.33. The van der Waals surface area contributed by atoms with Crippen LogP contribution in [0.3, 0.4) is 0 Å². The number of nitrogens with two attached hydrogens (primary N) is 1. The molecular weight excluding hydrogens is 278 g/mol. The number of amides is 1. The molecule has 0 aromatic heterocycles. The van der Waals surface area contributed by atoms with E-state index in [0.717, 1.165) is 11.1 Å². The summed E-state index contributed by atoms with van der Waals surface area (Å²) >= 11 is 0.